The van der Waals surface area contributed by atoms with E-state index in [4.69, 9.17) is 30.0 Å². The van der Waals surface area contributed by atoms with Crippen LogP contribution in [0.15, 0.2) is 20.4 Å². The smallest absolute Gasteiger partial charge is 0.741 e. The van der Waals surface area contributed by atoms with Crippen LogP contribution in [0.1, 0.15) is 0 Å². The van der Waals surface area contributed by atoms with Gasteiger partial charge >= 0.3 is 17.1 Å². The molecule has 0 spiro atoms. The first-order chi connectivity index (χ1) is 10.2. The van der Waals surface area contributed by atoms with Crippen molar-refractivity contribution in [3.05, 3.63) is 0 Å². The monoisotopic (exact) mass is 392 g/mol. The van der Waals surface area contributed by atoms with Gasteiger partial charge in [0.05, 0.1) is 25.6 Å². The summed E-state index contributed by atoms with van der Waals surface area (Å²) in [5, 5.41) is 21.2. The molecule has 0 aromatic carbocycles. The van der Waals surface area contributed by atoms with Gasteiger partial charge in [-0.2, -0.15) is 20.4 Å². The molecule has 8 nitrogen and oxygen atoms in total. The Morgan fingerprint density at radius 3 is 2.32 bits per heavy atom. The average molecular weight is 393 g/mol. The summed E-state index contributed by atoms with van der Waals surface area (Å²) >= 11 is 9.80. The van der Waals surface area contributed by atoms with Gasteiger partial charge in [-0.3, -0.25) is 4.90 Å². The Kier molecular flexibility index (Phi) is 13.3. The molecule has 1 aliphatic rings. The number of nitrogens with zero attached hydrogens (tertiary/aromatic N) is 5. The van der Waals surface area contributed by atoms with E-state index in [2.05, 4.69) is 35.9 Å². The molecule has 0 amide bonds. The molecule has 0 aromatic rings. The fraction of sp³-hybridized carbons (Fsp3) is 0.636. The van der Waals surface area contributed by atoms with E-state index in [9.17, 15) is 0 Å². The number of rotatable bonds is 6. The molecule has 1 rings (SSSR count). The minimum atomic E-state index is 0. The van der Waals surface area contributed by atoms with Crippen molar-refractivity contribution in [3.8, 4) is 0 Å². The molecule has 0 aliphatic carbocycles. The minimum Gasteiger partial charge on any atom is -0.741 e. The summed E-state index contributed by atoms with van der Waals surface area (Å²) in [6.07, 6.45) is 2.77. The van der Waals surface area contributed by atoms with Crippen LogP contribution >= 0.6 is 0 Å². The van der Waals surface area contributed by atoms with Gasteiger partial charge in [0, 0.05) is 33.2 Å². The third kappa shape index (κ3) is 10.8. The summed E-state index contributed by atoms with van der Waals surface area (Å²) in [6.45, 7) is 5.14. The molecule has 0 unspecified atom stereocenters. The van der Waals surface area contributed by atoms with Crippen molar-refractivity contribution < 1.29 is 21.8 Å². The van der Waals surface area contributed by atoms with Gasteiger partial charge in [0.15, 0.2) is 0 Å². The Bertz CT molecular complexity index is 411. The molecular formula is C11H19CuN7OS2. The zero-order valence-corrected chi connectivity index (χ0v) is 14.7. The fourth-order valence-corrected chi connectivity index (χ4v) is 1.66. The van der Waals surface area contributed by atoms with Crippen LogP contribution in [0.3, 0.4) is 0 Å². The Morgan fingerprint density at radius 2 is 1.73 bits per heavy atom. The summed E-state index contributed by atoms with van der Waals surface area (Å²) in [7, 11) is 1.67. The maximum Gasteiger partial charge on any atom is 2.00 e. The van der Waals surface area contributed by atoms with Gasteiger partial charge in [0.25, 0.3) is 0 Å². The molecule has 1 radical (unpaired) electrons. The van der Waals surface area contributed by atoms with Crippen LogP contribution in [0.4, 0.5) is 0 Å². The first-order valence-corrected chi connectivity index (χ1v) is 7.30. The molecule has 22 heavy (non-hydrogen) atoms. The molecule has 127 valence electrons. The van der Waals surface area contributed by atoms with Crippen LogP contribution in [0.5, 0.6) is 0 Å². The summed E-state index contributed by atoms with van der Waals surface area (Å²) < 4.78 is 5.28. The Morgan fingerprint density at radius 1 is 1.14 bits per heavy atom. The first kappa shape index (κ1) is 21.2. The van der Waals surface area contributed by atoms with Crippen molar-refractivity contribution in [2.75, 3.05) is 46.4 Å². The minimum absolute atomic E-state index is 0. The predicted molar refractivity (Wildman–Crippen MR) is 90.9 cm³/mol. The van der Waals surface area contributed by atoms with Crippen LogP contribution in [-0.4, -0.2) is 74.1 Å². The maximum absolute atomic E-state index is 5.28. The van der Waals surface area contributed by atoms with E-state index in [0.717, 1.165) is 39.4 Å². The van der Waals surface area contributed by atoms with Gasteiger partial charge in [-0.15, -0.1) is 0 Å². The summed E-state index contributed by atoms with van der Waals surface area (Å²) in [5.74, 6) is 0. The van der Waals surface area contributed by atoms with Gasteiger partial charge in [-0.05, 0) is 10.3 Å². The molecular weight excluding hydrogens is 374 g/mol. The van der Waals surface area contributed by atoms with Crippen LogP contribution in [0.2, 0.25) is 0 Å². The predicted octanol–water partition coefficient (Wildman–Crippen LogP) is -1.10. The zero-order valence-electron chi connectivity index (χ0n) is 12.2. The second kappa shape index (κ2) is 13.8. The first-order valence-electron chi connectivity index (χ1n) is 6.48. The van der Waals surface area contributed by atoms with Crippen LogP contribution in [0, 0.1) is 0 Å². The molecule has 1 aliphatic heterocycles. The van der Waals surface area contributed by atoms with Crippen molar-refractivity contribution in [1.82, 2.24) is 15.5 Å². The molecule has 0 saturated carbocycles. The van der Waals surface area contributed by atoms with E-state index < -0.39 is 0 Å². The Labute approximate surface area is 152 Å². The van der Waals surface area contributed by atoms with Gasteiger partial charge in [-0.1, -0.05) is 0 Å². The zero-order chi connectivity index (χ0) is 15.3. The van der Waals surface area contributed by atoms with Gasteiger partial charge in [0.2, 0.25) is 0 Å². The number of ether oxygens (including phenoxy) is 1. The third-order valence-electron chi connectivity index (χ3n) is 2.52. The molecule has 1 saturated heterocycles. The molecule has 0 aromatic heterocycles. The average Bonchev–Trinajstić information content (AvgIpc) is 2.51. The van der Waals surface area contributed by atoms with Gasteiger partial charge < -0.3 is 40.6 Å². The SMILES string of the molecule is CNC([S-])=NN=CC=NN=C([S-])NCCN1CCOCC1.[Cu+2]. The second-order valence-corrected chi connectivity index (χ2v) is 4.74. The Hall–Kier alpha value is -0.841. The Balaban J connectivity index is 0.00000441. The molecule has 2 N–H and O–H groups in total. The van der Waals surface area contributed by atoms with E-state index in [1.165, 1.54) is 12.4 Å². The number of morpholine rings is 1. The van der Waals surface area contributed by atoms with Crippen LogP contribution in [0.25, 0.3) is 0 Å². The summed E-state index contributed by atoms with van der Waals surface area (Å²) in [5.41, 5.74) is 0. The van der Waals surface area contributed by atoms with Crippen molar-refractivity contribution in [2.24, 2.45) is 20.4 Å². The van der Waals surface area contributed by atoms with E-state index in [0.29, 0.717) is 10.3 Å². The number of hydrogen-bond acceptors (Lipinski definition) is 8. The largest absolute Gasteiger partial charge is 2.00 e. The quantitative estimate of drug-likeness (QED) is 0.196. The number of amidine groups is 2. The van der Waals surface area contributed by atoms with Gasteiger partial charge in [-0.25, -0.2) is 0 Å². The number of hydrogen-bond donors (Lipinski definition) is 2. The standard InChI is InChI=1S/C11H21N7OS2.Cu/c1-12-10(20)16-14-2-3-15-17-11(21)13-4-5-18-6-8-19-9-7-18;/h2-3H,4-9H2,1H3,(H2,12,16,20)(H2,13,17,21);/q;+2/p-2. The topological polar surface area (TPSA) is 86.0 Å². The molecule has 1 fully saturated rings. The molecule has 0 bridgehead atoms. The fourth-order valence-electron chi connectivity index (χ4n) is 1.46. The van der Waals surface area contributed by atoms with E-state index in [-0.39, 0.29) is 17.1 Å². The van der Waals surface area contributed by atoms with E-state index in [1.54, 1.807) is 7.05 Å². The van der Waals surface area contributed by atoms with Crippen molar-refractivity contribution in [1.29, 1.82) is 0 Å². The summed E-state index contributed by atoms with van der Waals surface area (Å²) in [6, 6.07) is 0. The summed E-state index contributed by atoms with van der Waals surface area (Å²) in [4.78, 5) is 2.31. The van der Waals surface area contributed by atoms with E-state index in [1.807, 2.05) is 0 Å². The van der Waals surface area contributed by atoms with Crippen molar-refractivity contribution in [3.63, 3.8) is 0 Å². The van der Waals surface area contributed by atoms with Gasteiger partial charge in [0.1, 0.15) is 0 Å². The van der Waals surface area contributed by atoms with Crippen molar-refractivity contribution in [2.45, 2.75) is 0 Å². The van der Waals surface area contributed by atoms with Crippen LogP contribution < -0.4 is 10.6 Å². The molecule has 1 heterocycles. The van der Waals surface area contributed by atoms with Crippen LogP contribution in [-0.2, 0) is 47.1 Å². The second-order valence-electron chi connectivity index (χ2n) is 3.97. The van der Waals surface area contributed by atoms with Crippen molar-refractivity contribution >= 4 is 48.0 Å². The number of nitrogens with one attached hydrogen (secondary N) is 2. The molecule has 0 atom stereocenters. The maximum atomic E-state index is 5.28. The van der Waals surface area contributed by atoms with E-state index >= 15 is 0 Å². The molecule has 11 heteroatoms. The normalized spacial score (nSPS) is 17.7. The third-order valence-corrected chi connectivity index (χ3v) is 3.03.